The van der Waals surface area contributed by atoms with Gasteiger partial charge in [0.2, 0.25) is 5.91 Å². The predicted octanol–water partition coefficient (Wildman–Crippen LogP) is 7.37. The molecule has 0 aliphatic rings. The number of nitrogens with zero attached hydrogens (tertiary/aromatic N) is 1. The van der Waals surface area contributed by atoms with E-state index in [9.17, 15) is 9.59 Å². The molecule has 0 saturated carbocycles. The van der Waals surface area contributed by atoms with Gasteiger partial charge in [-0.3, -0.25) is 9.59 Å². The highest BCUT2D eigenvalue weighted by molar-refractivity contribution is 5.83. The number of allylic oxidation sites excluding steroid dienone is 2. The van der Waals surface area contributed by atoms with Crippen LogP contribution in [0.5, 0.6) is 0 Å². The molecule has 30 heavy (non-hydrogen) atoms. The second-order valence-corrected chi connectivity index (χ2v) is 8.53. The van der Waals surface area contributed by atoms with Crippen molar-refractivity contribution in [1.29, 1.82) is 0 Å². The summed E-state index contributed by atoms with van der Waals surface area (Å²) in [5.41, 5.74) is 0. The fourth-order valence-electron chi connectivity index (χ4n) is 3.96. The van der Waals surface area contributed by atoms with Crippen LogP contribution in [0.3, 0.4) is 0 Å². The Bertz CT molecular complexity index is 444. The molecule has 176 valence electrons. The average Bonchev–Trinajstić information content (AvgIpc) is 2.73. The third-order valence-electron chi connectivity index (χ3n) is 5.91. The van der Waals surface area contributed by atoms with E-state index in [1.807, 2.05) is 13.8 Å². The van der Waals surface area contributed by atoms with Crippen molar-refractivity contribution < 1.29 is 14.7 Å². The molecule has 1 amide bonds. The van der Waals surface area contributed by atoms with E-state index in [-0.39, 0.29) is 18.2 Å². The van der Waals surface area contributed by atoms with Gasteiger partial charge in [0, 0.05) is 19.0 Å². The van der Waals surface area contributed by atoms with Gasteiger partial charge in [-0.25, -0.2) is 0 Å². The summed E-state index contributed by atoms with van der Waals surface area (Å²) < 4.78 is 0. The minimum atomic E-state index is -0.873. The van der Waals surface area contributed by atoms with Gasteiger partial charge in [-0.05, 0) is 46.0 Å². The number of carbonyl (C=O) groups excluding carboxylic acids is 1. The van der Waals surface area contributed by atoms with E-state index in [2.05, 4.69) is 19.1 Å². The van der Waals surface area contributed by atoms with Crippen LogP contribution in [0.4, 0.5) is 0 Å². The topological polar surface area (TPSA) is 57.6 Å². The van der Waals surface area contributed by atoms with Gasteiger partial charge in [-0.2, -0.15) is 0 Å². The van der Waals surface area contributed by atoms with Crippen molar-refractivity contribution in [3.8, 4) is 0 Å². The van der Waals surface area contributed by atoms with E-state index >= 15 is 0 Å². The summed E-state index contributed by atoms with van der Waals surface area (Å²) in [6, 6.07) is 0. The van der Waals surface area contributed by atoms with E-state index in [4.69, 9.17) is 5.11 Å². The maximum atomic E-state index is 12.5. The zero-order valence-corrected chi connectivity index (χ0v) is 20.2. The van der Waals surface area contributed by atoms with E-state index in [1.54, 1.807) is 4.90 Å². The number of carbonyl (C=O) groups is 2. The molecule has 0 aromatic rings. The summed E-state index contributed by atoms with van der Waals surface area (Å²) >= 11 is 0. The van der Waals surface area contributed by atoms with Crippen LogP contribution >= 0.6 is 0 Å². The van der Waals surface area contributed by atoms with Crippen molar-refractivity contribution in [3.05, 3.63) is 12.2 Å². The van der Waals surface area contributed by atoms with Crippen LogP contribution in [0, 0.1) is 5.92 Å². The molecule has 0 spiro atoms. The normalized spacial score (nSPS) is 12.4. The Morgan fingerprint density at radius 1 is 0.733 bits per heavy atom. The fourth-order valence-corrected chi connectivity index (χ4v) is 3.96. The standard InChI is InChI=1S/C26H49NO3/c1-4-7-8-9-10-11-12-13-14-15-16-17-18-19-20-21-22-24(23-25(28)29)26(30)27(5-2)6-3/h15-16,24H,4-14,17-23H2,1-3H3,(H,28,29)/b16-15+. The van der Waals surface area contributed by atoms with E-state index < -0.39 is 5.97 Å². The maximum Gasteiger partial charge on any atom is 0.304 e. The second kappa shape index (κ2) is 20.9. The van der Waals surface area contributed by atoms with Crippen LogP contribution in [0.2, 0.25) is 0 Å². The van der Waals surface area contributed by atoms with Crippen molar-refractivity contribution in [2.24, 2.45) is 5.92 Å². The minimum Gasteiger partial charge on any atom is -0.481 e. The first-order valence-electron chi connectivity index (χ1n) is 12.7. The number of carboxylic acid groups (broad SMARTS) is 1. The number of hydrogen-bond donors (Lipinski definition) is 1. The lowest BCUT2D eigenvalue weighted by Crippen LogP contribution is -2.36. The molecule has 4 nitrogen and oxygen atoms in total. The van der Waals surface area contributed by atoms with Crippen molar-refractivity contribution in [3.63, 3.8) is 0 Å². The molecule has 0 fully saturated rings. The van der Waals surface area contributed by atoms with Gasteiger partial charge in [0.1, 0.15) is 0 Å². The number of rotatable bonds is 21. The Labute approximate surface area is 186 Å². The lowest BCUT2D eigenvalue weighted by atomic mass is 9.95. The molecule has 1 N–H and O–H groups in total. The number of unbranched alkanes of at least 4 members (excludes halogenated alkanes) is 12. The Hall–Kier alpha value is -1.32. The fraction of sp³-hybridized carbons (Fsp3) is 0.846. The Morgan fingerprint density at radius 2 is 1.20 bits per heavy atom. The molecule has 1 atom stereocenters. The highest BCUT2D eigenvalue weighted by Gasteiger charge is 2.24. The number of amides is 1. The van der Waals surface area contributed by atoms with Crippen LogP contribution in [0.1, 0.15) is 124 Å². The van der Waals surface area contributed by atoms with Gasteiger partial charge in [0.25, 0.3) is 0 Å². The molecule has 0 rings (SSSR count). The summed E-state index contributed by atoms with van der Waals surface area (Å²) in [6.07, 6.45) is 23.0. The first-order valence-corrected chi connectivity index (χ1v) is 12.7. The zero-order valence-electron chi connectivity index (χ0n) is 20.2. The molecule has 1 unspecified atom stereocenters. The van der Waals surface area contributed by atoms with Gasteiger partial charge < -0.3 is 10.0 Å². The van der Waals surface area contributed by atoms with Crippen molar-refractivity contribution >= 4 is 11.9 Å². The van der Waals surface area contributed by atoms with E-state index in [0.717, 1.165) is 25.7 Å². The molecule has 0 aromatic heterocycles. The molecule has 0 aromatic carbocycles. The first-order chi connectivity index (χ1) is 14.6. The molecule has 0 bridgehead atoms. The van der Waals surface area contributed by atoms with E-state index in [0.29, 0.717) is 19.5 Å². The number of aliphatic carboxylic acids is 1. The summed E-state index contributed by atoms with van der Waals surface area (Å²) in [7, 11) is 0. The molecule has 0 heterocycles. The van der Waals surface area contributed by atoms with Crippen LogP contribution in [0.15, 0.2) is 12.2 Å². The van der Waals surface area contributed by atoms with Gasteiger partial charge in [0.15, 0.2) is 0 Å². The highest BCUT2D eigenvalue weighted by Crippen LogP contribution is 2.18. The highest BCUT2D eigenvalue weighted by atomic mass is 16.4. The monoisotopic (exact) mass is 423 g/mol. The predicted molar refractivity (Wildman–Crippen MR) is 128 cm³/mol. The van der Waals surface area contributed by atoms with Gasteiger partial charge in [-0.15, -0.1) is 0 Å². The van der Waals surface area contributed by atoms with Crippen LogP contribution in [0.25, 0.3) is 0 Å². The van der Waals surface area contributed by atoms with Crippen molar-refractivity contribution in [2.75, 3.05) is 13.1 Å². The Morgan fingerprint density at radius 3 is 1.67 bits per heavy atom. The first kappa shape index (κ1) is 28.7. The summed E-state index contributed by atoms with van der Waals surface area (Å²) in [5.74, 6) is -1.23. The summed E-state index contributed by atoms with van der Waals surface area (Å²) in [5, 5.41) is 9.12. The Balaban J connectivity index is 3.72. The van der Waals surface area contributed by atoms with Gasteiger partial charge in [-0.1, -0.05) is 83.3 Å². The largest absolute Gasteiger partial charge is 0.481 e. The molecule has 0 saturated heterocycles. The van der Waals surface area contributed by atoms with Crippen LogP contribution in [-0.4, -0.2) is 35.0 Å². The number of carboxylic acids is 1. The molecule has 0 aliphatic heterocycles. The SMILES string of the molecule is CCCCCCCCCC/C=C/CCCCCCC(CC(=O)O)C(=O)N(CC)CC. The van der Waals surface area contributed by atoms with Gasteiger partial charge in [0.05, 0.1) is 6.42 Å². The molecular weight excluding hydrogens is 374 g/mol. The quantitative estimate of drug-likeness (QED) is 0.155. The number of hydrogen-bond acceptors (Lipinski definition) is 2. The van der Waals surface area contributed by atoms with Crippen LogP contribution in [-0.2, 0) is 9.59 Å². The van der Waals surface area contributed by atoms with E-state index in [1.165, 1.54) is 64.2 Å². The minimum absolute atomic E-state index is 0.00583. The summed E-state index contributed by atoms with van der Waals surface area (Å²) in [4.78, 5) is 25.3. The van der Waals surface area contributed by atoms with Crippen molar-refractivity contribution in [1.82, 2.24) is 4.90 Å². The second-order valence-electron chi connectivity index (χ2n) is 8.53. The summed E-state index contributed by atoms with van der Waals surface area (Å²) in [6.45, 7) is 7.46. The van der Waals surface area contributed by atoms with Crippen LogP contribution < -0.4 is 0 Å². The van der Waals surface area contributed by atoms with Crippen molar-refractivity contribution in [2.45, 2.75) is 124 Å². The maximum absolute atomic E-state index is 12.5. The zero-order chi connectivity index (χ0) is 22.5. The smallest absolute Gasteiger partial charge is 0.304 e. The lowest BCUT2D eigenvalue weighted by Gasteiger charge is -2.24. The average molecular weight is 424 g/mol. The lowest BCUT2D eigenvalue weighted by molar-refractivity contribution is -0.144. The van der Waals surface area contributed by atoms with Gasteiger partial charge >= 0.3 is 5.97 Å². The molecular formula is C26H49NO3. The Kier molecular flexibility index (Phi) is 20.0. The molecule has 0 aliphatic carbocycles. The third-order valence-corrected chi connectivity index (χ3v) is 5.91. The third kappa shape index (κ3) is 16.5. The molecule has 4 heteroatoms. The molecule has 0 radical (unpaired) electrons.